The van der Waals surface area contributed by atoms with Crippen molar-refractivity contribution < 1.29 is 0 Å². The summed E-state index contributed by atoms with van der Waals surface area (Å²) in [5.74, 6) is 0. The van der Waals surface area contributed by atoms with Gasteiger partial charge in [-0.3, -0.25) is 0 Å². The van der Waals surface area contributed by atoms with E-state index in [0.29, 0.717) is 0 Å². The van der Waals surface area contributed by atoms with Gasteiger partial charge in [0.1, 0.15) is 0 Å². The van der Waals surface area contributed by atoms with Crippen molar-refractivity contribution in [1.29, 1.82) is 0 Å². The van der Waals surface area contributed by atoms with E-state index in [9.17, 15) is 0 Å². The van der Waals surface area contributed by atoms with E-state index in [0.717, 1.165) is 30.9 Å². The number of benzene rings is 1. The lowest BCUT2D eigenvalue weighted by Crippen LogP contribution is -2.14. The maximum absolute atomic E-state index is 4.70. The molecule has 0 saturated carbocycles. The molecule has 3 nitrogen and oxygen atoms in total. The van der Waals surface area contributed by atoms with Crippen LogP contribution in [0.2, 0.25) is 0 Å². The average Bonchev–Trinajstić information content (AvgIpc) is 2.75. The minimum atomic E-state index is 0.942. The molecule has 0 bridgehead atoms. The fraction of sp³-hybridized carbons (Fsp3) is 0.500. The summed E-state index contributed by atoms with van der Waals surface area (Å²) in [5.41, 5.74) is 7.60. The van der Waals surface area contributed by atoms with E-state index < -0.39 is 0 Å². The van der Waals surface area contributed by atoms with Gasteiger partial charge in [-0.15, -0.1) is 0 Å². The number of rotatable bonds is 6. The summed E-state index contributed by atoms with van der Waals surface area (Å²) in [6.45, 7) is 12.8. The molecular formula is C18H27N3. The molecule has 21 heavy (non-hydrogen) atoms. The molecule has 0 fully saturated rings. The Morgan fingerprint density at radius 2 is 1.90 bits per heavy atom. The first-order valence-corrected chi connectivity index (χ1v) is 7.94. The number of hydrogen-bond acceptors (Lipinski definition) is 2. The van der Waals surface area contributed by atoms with Crippen molar-refractivity contribution in [3.05, 3.63) is 46.3 Å². The Labute approximate surface area is 128 Å². The molecule has 0 spiro atoms. The van der Waals surface area contributed by atoms with E-state index in [4.69, 9.17) is 5.10 Å². The van der Waals surface area contributed by atoms with Gasteiger partial charge in [-0.2, -0.15) is 5.10 Å². The lowest BCUT2D eigenvalue weighted by Gasteiger charge is -2.11. The Morgan fingerprint density at radius 1 is 1.14 bits per heavy atom. The maximum Gasteiger partial charge on any atom is 0.0651 e. The second-order valence-corrected chi connectivity index (χ2v) is 5.70. The van der Waals surface area contributed by atoms with Gasteiger partial charge in [0.2, 0.25) is 0 Å². The fourth-order valence-electron chi connectivity index (χ4n) is 2.85. The third-order valence-corrected chi connectivity index (χ3v) is 4.11. The molecule has 0 saturated heterocycles. The van der Waals surface area contributed by atoms with Crippen molar-refractivity contribution in [1.82, 2.24) is 15.1 Å². The highest BCUT2D eigenvalue weighted by atomic mass is 15.3. The molecule has 2 aromatic rings. The molecule has 0 aliphatic carbocycles. The van der Waals surface area contributed by atoms with E-state index >= 15 is 0 Å². The Balaban J connectivity index is 2.28. The summed E-state index contributed by atoms with van der Waals surface area (Å²) in [6, 6.07) is 6.63. The molecule has 1 aromatic carbocycles. The molecule has 0 radical (unpaired) electrons. The Kier molecular flexibility index (Phi) is 5.18. The summed E-state index contributed by atoms with van der Waals surface area (Å²) in [5, 5.41) is 8.16. The summed E-state index contributed by atoms with van der Waals surface area (Å²) < 4.78 is 2.07. The van der Waals surface area contributed by atoms with E-state index in [2.05, 4.69) is 62.8 Å². The van der Waals surface area contributed by atoms with Crippen molar-refractivity contribution in [3.63, 3.8) is 0 Å². The fourth-order valence-corrected chi connectivity index (χ4v) is 2.85. The highest BCUT2D eigenvalue weighted by Crippen LogP contribution is 2.20. The molecule has 114 valence electrons. The number of aryl methyl sites for hydroxylation is 2. The molecule has 0 atom stereocenters. The number of hydrogen-bond donors (Lipinski definition) is 1. The first kappa shape index (κ1) is 15.8. The van der Waals surface area contributed by atoms with Crippen molar-refractivity contribution in [2.75, 3.05) is 6.54 Å². The lowest BCUT2D eigenvalue weighted by atomic mass is 10.1. The van der Waals surface area contributed by atoms with Crippen LogP contribution >= 0.6 is 0 Å². The van der Waals surface area contributed by atoms with Crippen LogP contribution in [0.3, 0.4) is 0 Å². The molecular weight excluding hydrogens is 258 g/mol. The minimum absolute atomic E-state index is 0.942. The third kappa shape index (κ3) is 3.35. The SMILES string of the molecule is CCCNCc1ccc(-n2nc(C)c(CC)c2C)cc1C. The van der Waals surface area contributed by atoms with Gasteiger partial charge in [0.25, 0.3) is 0 Å². The average molecular weight is 285 g/mol. The zero-order chi connectivity index (χ0) is 15.4. The van der Waals surface area contributed by atoms with E-state index in [1.54, 1.807) is 0 Å². The molecule has 1 aromatic heterocycles. The van der Waals surface area contributed by atoms with Crippen LogP contribution in [-0.4, -0.2) is 16.3 Å². The van der Waals surface area contributed by atoms with Crippen LogP contribution in [0.1, 0.15) is 48.3 Å². The monoisotopic (exact) mass is 285 g/mol. The Bertz CT molecular complexity index is 611. The summed E-state index contributed by atoms with van der Waals surface area (Å²) in [7, 11) is 0. The van der Waals surface area contributed by atoms with Crippen LogP contribution < -0.4 is 5.32 Å². The summed E-state index contributed by atoms with van der Waals surface area (Å²) in [6.07, 6.45) is 2.21. The first-order valence-electron chi connectivity index (χ1n) is 7.94. The van der Waals surface area contributed by atoms with Gasteiger partial charge < -0.3 is 5.32 Å². The second kappa shape index (κ2) is 6.90. The second-order valence-electron chi connectivity index (χ2n) is 5.70. The molecule has 0 aliphatic rings. The van der Waals surface area contributed by atoms with Gasteiger partial charge in [0.15, 0.2) is 0 Å². The van der Waals surface area contributed by atoms with E-state index in [1.807, 2.05) is 0 Å². The normalized spacial score (nSPS) is 11.1. The molecule has 0 amide bonds. The van der Waals surface area contributed by atoms with Crippen molar-refractivity contribution in [2.45, 2.75) is 54.0 Å². The standard InChI is InChI=1S/C18H27N3/c1-6-10-19-12-16-8-9-17(11-13(16)3)21-15(5)18(7-2)14(4)20-21/h8-9,11,19H,6-7,10,12H2,1-5H3. The van der Waals surface area contributed by atoms with Crippen LogP contribution in [0.4, 0.5) is 0 Å². The summed E-state index contributed by atoms with van der Waals surface area (Å²) in [4.78, 5) is 0. The maximum atomic E-state index is 4.70. The zero-order valence-corrected chi connectivity index (χ0v) is 14.0. The van der Waals surface area contributed by atoms with Gasteiger partial charge in [-0.25, -0.2) is 4.68 Å². The van der Waals surface area contributed by atoms with Crippen molar-refractivity contribution in [2.24, 2.45) is 0 Å². The van der Waals surface area contributed by atoms with Gasteiger partial charge >= 0.3 is 0 Å². The quantitative estimate of drug-likeness (QED) is 0.817. The molecule has 3 heteroatoms. The highest BCUT2D eigenvalue weighted by molar-refractivity contribution is 5.42. The molecule has 2 rings (SSSR count). The largest absolute Gasteiger partial charge is 0.313 e. The lowest BCUT2D eigenvalue weighted by molar-refractivity contribution is 0.673. The van der Waals surface area contributed by atoms with E-state index in [-0.39, 0.29) is 0 Å². The molecule has 1 N–H and O–H groups in total. The zero-order valence-electron chi connectivity index (χ0n) is 14.0. The smallest absolute Gasteiger partial charge is 0.0651 e. The van der Waals surface area contributed by atoms with E-state index in [1.165, 1.54) is 28.8 Å². The Morgan fingerprint density at radius 3 is 2.48 bits per heavy atom. The number of aromatic nitrogens is 2. The van der Waals surface area contributed by atoms with Gasteiger partial charge in [0.05, 0.1) is 11.4 Å². The van der Waals surface area contributed by atoms with Gasteiger partial charge in [-0.05, 0) is 69.0 Å². The predicted octanol–water partition coefficient (Wildman–Crippen LogP) is 3.86. The van der Waals surface area contributed by atoms with Crippen molar-refractivity contribution in [3.8, 4) is 5.69 Å². The van der Waals surface area contributed by atoms with Crippen LogP contribution in [-0.2, 0) is 13.0 Å². The number of nitrogens with zero attached hydrogens (tertiary/aromatic N) is 2. The van der Waals surface area contributed by atoms with Crippen LogP contribution in [0.25, 0.3) is 5.69 Å². The topological polar surface area (TPSA) is 29.9 Å². The number of nitrogens with one attached hydrogen (secondary N) is 1. The molecule has 0 aliphatic heterocycles. The predicted molar refractivity (Wildman–Crippen MR) is 89.2 cm³/mol. The molecule has 0 unspecified atom stereocenters. The third-order valence-electron chi connectivity index (χ3n) is 4.11. The van der Waals surface area contributed by atoms with Gasteiger partial charge in [0, 0.05) is 12.2 Å². The molecule has 1 heterocycles. The minimum Gasteiger partial charge on any atom is -0.313 e. The summed E-state index contributed by atoms with van der Waals surface area (Å²) >= 11 is 0. The van der Waals surface area contributed by atoms with Gasteiger partial charge in [-0.1, -0.05) is 19.9 Å². The first-order chi connectivity index (χ1) is 10.1. The van der Waals surface area contributed by atoms with Crippen molar-refractivity contribution >= 4 is 0 Å². The Hall–Kier alpha value is -1.61. The van der Waals surface area contributed by atoms with Crippen LogP contribution in [0.15, 0.2) is 18.2 Å². The highest BCUT2D eigenvalue weighted by Gasteiger charge is 2.11. The van der Waals surface area contributed by atoms with Crippen LogP contribution in [0.5, 0.6) is 0 Å². The van der Waals surface area contributed by atoms with Crippen LogP contribution in [0, 0.1) is 20.8 Å².